The number of nitrogens with two attached hydrogens (primary N) is 1. The molecule has 0 radical (unpaired) electrons. The molecule has 2 heterocycles. The lowest BCUT2D eigenvalue weighted by Gasteiger charge is -2.11. The zero-order chi connectivity index (χ0) is 18.5. The third-order valence-corrected chi connectivity index (χ3v) is 3.83. The van der Waals surface area contributed by atoms with E-state index in [-0.39, 0.29) is 18.0 Å². The van der Waals surface area contributed by atoms with E-state index in [1.54, 1.807) is 50.9 Å². The zero-order valence-corrected chi connectivity index (χ0v) is 14.4. The Hall–Kier alpha value is -3.55. The van der Waals surface area contributed by atoms with E-state index in [2.05, 4.69) is 15.5 Å². The summed E-state index contributed by atoms with van der Waals surface area (Å²) < 4.78 is 15.5. The quantitative estimate of drug-likeness (QED) is 0.698. The number of carbonyl (C=O) groups excluding carboxylic acids is 1. The van der Waals surface area contributed by atoms with Crippen LogP contribution in [0.4, 0.5) is 5.88 Å². The van der Waals surface area contributed by atoms with Gasteiger partial charge in [-0.05, 0) is 24.3 Å². The maximum atomic E-state index is 12.6. The average Bonchev–Trinajstić information content (AvgIpc) is 3.08. The van der Waals surface area contributed by atoms with Crippen molar-refractivity contribution in [3.8, 4) is 22.8 Å². The monoisotopic (exact) mass is 354 g/mol. The minimum absolute atomic E-state index is 0.0454. The fourth-order valence-corrected chi connectivity index (χ4v) is 2.49. The molecule has 1 amide bonds. The minimum atomic E-state index is -0.395. The second-order valence-electron chi connectivity index (χ2n) is 5.37. The van der Waals surface area contributed by atoms with Crippen LogP contribution in [-0.2, 0) is 6.54 Å². The van der Waals surface area contributed by atoms with Crippen molar-refractivity contribution < 1.29 is 18.8 Å². The van der Waals surface area contributed by atoms with Crippen LogP contribution in [0.25, 0.3) is 11.3 Å². The first-order chi connectivity index (χ1) is 12.6. The number of aromatic nitrogens is 2. The number of rotatable bonds is 6. The van der Waals surface area contributed by atoms with Gasteiger partial charge in [0.15, 0.2) is 0 Å². The average molecular weight is 354 g/mol. The molecule has 3 aromatic rings. The van der Waals surface area contributed by atoms with Crippen LogP contribution in [0.2, 0.25) is 0 Å². The highest BCUT2D eigenvalue weighted by atomic mass is 16.5. The molecule has 0 fully saturated rings. The van der Waals surface area contributed by atoms with Gasteiger partial charge in [-0.3, -0.25) is 9.78 Å². The first kappa shape index (κ1) is 17.3. The van der Waals surface area contributed by atoms with Crippen molar-refractivity contribution in [2.24, 2.45) is 0 Å². The van der Waals surface area contributed by atoms with Gasteiger partial charge in [0, 0.05) is 36.1 Å². The summed E-state index contributed by atoms with van der Waals surface area (Å²) in [4.78, 5) is 16.6. The Morgan fingerprint density at radius 2 is 1.96 bits per heavy atom. The zero-order valence-electron chi connectivity index (χ0n) is 14.4. The minimum Gasteiger partial charge on any atom is -0.497 e. The third-order valence-electron chi connectivity index (χ3n) is 3.83. The van der Waals surface area contributed by atoms with Crippen LogP contribution < -0.4 is 20.5 Å². The van der Waals surface area contributed by atoms with Crippen molar-refractivity contribution in [1.82, 2.24) is 15.5 Å². The molecule has 3 rings (SSSR count). The Kier molecular flexibility index (Phi) is 5.02. The number of amides is 1. The number of pyridine rings is 1. The van der Waals surface area contributed by atoms with Gasteiger partial charge in [-0.2, -0.15) is 0 Å². The van der Waals surface area contributed by atoms with Crippen LogP contribution >= 0.6 is 0 Å². The maximum Gasteiger partial charge on any atom is 0.259 e. The van der Waals surface area contributed by atoms with E-state index in [1.165, 1.54) is 0 Å². The standard InChI is InChI=1S/C18H18N4O4/c1-24-13-4-3-12(14(9-13)25-2)10-21-18(23)15-16(22-26-17(15)19)11-5-7-20-8-6-11/h3-9H,10,19H2,1-2H3,(H,21,23). The molecule has 0 unspecified atom stereocenters. The lowest BCUT2D eigenvalue weighted by molar-refractivity contribution is 0.0952. The van der Waals surface area contributed by atoms with Crippen molar-refractivity contribution in [2.75, 3.05) is 20.0 Å². The molecule has 3 N–H and O–H groups in total. The van der Waals surface area contributed by atoms with Crippen LogP contribution in [-0.4, -0.2) is 30.3 Å². The summed E-state index contributed by atoms with van der Waals surface area (Å²) in [5.41, 5.74) is 7.83. The fourth-order valence-electron chi connectivity index (χ4n) is 2.49. The molecule has 0 aliphatic rings. The number of carbonyl (C=O) groups is 1. The Morgan fingerprint density at radius 3 is 2.65 bits per heavy atom. The SMILES string of the molecule is COc1ccc(CNC(=O)c2c(-c3ccncc3)noc2N)c(OC)c1. The molecule has 8 nitrogen and oxygen atoms in total. The normalized spacial score (nSPS) is 10.4. The molecule has 134 valence electrons. The molecule has 1 aromatic carbocycles. The summed E-state index contributed by atoms with van der Waals surface area (Å²) in [7, 11) is 3.13. The van der Waals surface area contributed by atoms with Gasteiger partial charge in [-0.1, -0.05) is 5.16 Å². The number of hydrogen-bond acceptors (Lipinski definition) is 7. The number of ether oxygens (including phenoxy) is 2. The van der Waals surface area contributed by atoms with Crippen molar-refractivity contribution in [2.45, 2.75) is 6.54 Å². The van der Waals surface area contributed by atoms with Gasteiger partial charge >= 0.3 is 0 Å². The third kappa shape index (κ3) is 3.44. The maximum absolute atomic E-state index is 12.6. The molecular weight excluding hydrogens is 336 g/mol. The molecule has 0 saturated heterocycles. The summed E-state index contributed by atoms with van der Waals surface area (Å²) in [6, 6.07) is 8.80. The largest absolute Gasteiger partial charge is 0.497 e. The molecule has 0 saturated carbocycles. The number of nitrogen functional groups attached to an aromatic ring is 1. The number of anilines is 1. The van der Waals surface area contributed by atoms with Crippen molar-refractivity contribution >= 4 is 11.8 Å². The fraction of sp³-hybridized carbons (Fsp3) is 0.167. The Bertz CT molecular complexity index is 909. The molecule has 2 aromatic heterocycles. The van der Waals surface area contributed by atoms with E-state index in [0.29, 0.717) is 22.8 Å². The Morgan fingerprint density at radius 1 is 1.19 bits per heavy atom. The van der Waals surface area contributed by atoms with Gasteiger partial charge in [0.1, 0.15) is 22.8 Å². The predicted octanol–water partition coefficient (Wildman–Crippen LogP) is 2.27. The smallest absolute Gasteiger partial charge is 0.259 e. The molecule has 0 atom stereocenters. The highest BCUT2D eigenvalue weighted by Crippen LogP contribution is 2.27. The van der Waals surface area contributed by atoms with Gasteiger partial charge < -0.3 is 25.0 Å². The van der Waals surface area contributed by atoms with Gasteiger partial charge in [0.2, 0.25) is 5.88 Å². The van der Waals surface area contributed by atoms with Crippen molar-refractivity contribution in [3.05, 3.63) is 53.9 Å². The Labute approximate surface area is 149 Å². The number of nitrogens with one attached hydrogen (secondary N) is 1. The molecule has 0 aliphatic heterocycles. The number of nitrogens with zero attached hydrogens (tertiary/aromatic N) is 2. The van der Waals surface area contributed by atoms with E-state index in [1.807, 2.05) is 6.07 Å². The van der Waals surface area contributed by atoms with Crippen molar-refractivity contribution in [3.63, 3.8) is 0 Å². The predicted molar refractivity (Wildman–Crippen MR) is 94.9 cm³/mol. The highest BCUT2D eigenvalue weighted by molar-refractivity contribution is 6.03. The molecule has 0 spiro atoms. The topological polar surface area (TPSA) is 112 Å². The van der Waals surface area contributed by atoms with Gasteiger partial charge in [-0.25, -0.2) is 0 Å². The first-order valence-electron chi connectivity index (χ1n) is 7.78. The van der Waals surface area contributed by atoms with Crippen LogP contribution in [0.3, 0.4) is 0 Å². The summed E-state index contributed by atoms with van der Waals surface area (Å²) in [5.74, 6) is 0.835. The van der Waals surface area contributed by atoms with Gasteiger partial charge in [0.25, 0.3) is 5.91 Å². The molecule has 8 heteroatoms. The van der Waals surface area contributed by atoms with Crippen molar-refractivity contribution in [1.29, 1.82) is 0 Å². The lowest BCUT2D eigenvalue weighted by atomic mass is 10.1. The molecule has 0 aliphatic carbocycles. The van der Waals surface area contributed by atoms with Crippen LogP contribution in [0, 0.1) is 0 Å². The molecule has 0 bridgehead atoms. The van der Waals surface area contributed by atoms with E-state index < -0.39 is 5.91 Å². The number of hydrogen-bond donors (Lipinski definition) is 2. The van der Waals surface area contributed by atoms with E-state index in [0.717, 1.165) is 5.56 Å². The summed E-state index contributed by atoms with van der Waals surface area (Å²) in [5, 5.41) is 6.70. The highest BCUT2D eigenvalue weighted by Gasteiger charge is 2.22. The lowest BCUT2D eigenvalue weighted by Crippen LogP contribution is -2.24. The van der Waals surface area contributed by atoms with Gasteiger partial charge in [0.05, 0.1) is 14.2 Å². The Balaban J connectivity index is 1.81. The van der Waals surface area contributed by atoms with E-state index in [4.69, 9.17) is 19.7 Å². The second kappa shape index (κ2) is 7.56. The van der Waals surface area contributed by atoms with Crippen LogP contribution in [0.15, 0.2) is 47.2 Å². The summed E-state index contributed by atoms with van der Waals surface area (Å²) >= 11 is 0. The van der Waals surface area contributed by atoms with Crippen LogP contribution in [0.1, 0.15) is 15.9 Å². The first-order valence-corrected chi connectivity index (χ1v) is 7.78. The summed E-state index contributed by atoms with van der Waals surface area (Å²) in [6.07, 6.45) is 3.20. The van der Waals surface area contributed by atoms with E-state index in [9.17, 15) is 4.79 Å². The number of methoxy groups -OCH3 is 2. The molecular formula is C18H18N4O4. The number of benzene rings is 1. The molecule has 26 heavy (non-hydrogen) atoms. The van der Waals surface area contributed by atoms with E-state index >= 15 is 0 Å². The second-order valence-corrected chi connectivity index (χ2v) is 5.37. The van der Waals surface area contributed by atoms with Gasteiger partial charge in [-0.15, -0.1) is 0 Å². The van der Waals surface area contributed by atoms with Crippen LogP contribution in [0.5, 0.6) is 11.5 Å². The summed E-state index contributed by atoms with van der Waals surface area (Å²) in [6.45, 7) is 0.242.